The summed E-state index contributed by atoms with van der Waals surface area (Å²) < 4.78 is 46.6. The fraction of sp³-hybridized carbons (Fsp3) is 0.125. The lowest BCUT2D eigenvalue weighted by atomic mass is 10.2. The first-order chi connectivity index (χ1) is 15.8. The second-order valence-electron chi connectivity index (χ2n) is 6.96. The number of carbonyl (C=O) groups excluding carboxylic acids is 1. The SMILES string of the molecule is C=CCN(c1ccccc1Cl)S(=O)(=O)c1cccc(C(=O)NCc2ccc(OC)c(F)c2)c1. The number of hydrogen-bond donors (Lipinski definition) is 1. The minimum absolute atomic E-state index is 0.00841. The van der Waals surface area contributed by atoms with Crippen LogP contribution in [0.3, 0.4) is 0 Å². The van der Waals surface area contributed by atoms with Gasteiger partial charge >= 0.3 is 0 Å². The summed E-state index contributed by atoms with van der Waals surface area (Å²) in [4.78, 5) is 12.6. The average molecular weight is 489 g/mol. The molecule has 6 nitrogen and oxygen atoms in total. The van der Waals surface area contributed by atoms with Crippen LogP contribution in [0.4, 0.5) is 10.1 Å². The van der Waals surface area contributed by atoms with Crippen molar-refractivity contribution in [3.05, 3.63) is 101 Å². The Kier molecular flexibility index (Phi) is 7.73. The number of nitrogens with one attached hydrogen (secondary N) is 1. The van der Waals surface area contributed by atoms with E-state index in [9.17, 15) is 17.6 Å². The molecular weight excluding hydrogens is 467 g/mol. The second-order valence-corrected chi connectivity index (χ2v) is 9.23. The third-order valence-electron chi connectivity index (χ3n) is 4.77. The van der Waals surface area contributed by atoms with Crippen molar-refractivity contribution in [2.45, 2.75) is 11.4 Å². The zero-order valence-corrected chi connectivity index (χ0v) is 19.4. The first-order valence-electron chi connectivity index (χ1n) is 9.86. The lowest BCUT2D eigenvalue weighted by molar-refractivity contribution is 0.0950. The zero-order valence-electron chi connectivity index (χ0n) is 17.8. The minimum atomic E-state index is -4.04. The zero-order chi connectivity index (χ0) is 24.0. The predicted molar refractivity (Wildman–Crippen MR) is 127 cm³/mol. The highest BCUT2D eigenvalue weighted by molar-refractivity contribution is 7.92. The van der Waals surface area contributed by atoms with Crippen LogP contribution in [0.15, 0.2) is 84.3 Å². The Labute approximate surface area is 197 Å². The fourth-order valence-corrected chi connectivity index (χ4v) is 4.92. The molecule has 0 bridgehead atoms. The maximum atomic E-state index is 13.9. The third kappa shape index (κ3) is 5.53. The highest BCUT2D eigenvalue weighted by Gasteiger charge is 2.26. The molecule has 0 fully saturated rings. The summed E-state index contributed by atoms with van der Waals surface area (Å²) in [6, 6.07) is 16.6. The highest BCUT2D eigenvalue weighted by Crippen LogP contribution is 2.30. The molecule has 33 heavy (non-hydrogen) atoms. The molecule has 1 N–H and O–H groups in total. The van der Waals surface area contributed by atoms with Crippen molar-refractivity contribution < 1.29 is 22.3 Å². The summed E-state index contributed by atoms with van der Waals surface area (Å²) >= 11 is 6.22. The van der Waals surface area contributed by atoms with Crippen molar-refractivity contribution in [3.63, 3.8) is 0 Å². The number of hydrogen-bond acceptors (Lipinski definition) is 4. The Morgan fingerprint density at radius 2 is 1.91 bits per heavy atom. The number of methoxy groups -OCH3 is 1. The number of ether oxygens (including phenoxy) is 1. The van der Waals surface area contributed by atoms with Crippen molar-refractivity contribution in [1.29, 1.82) is 0 Å². The maximum Gasteiger partial charge on any atom is 0.264 e. The van der Waals surface area contributed by atoms with Gasteiger partial charge in [0.25, 0.3) is 15.9 Å². The Balaban J connectivity index is 1.84. The molecule has 172 valence electrons. The van der Waals surface area contributed by atoms with E-state index in [1.54, 1.807) is 30.3 Å². The number of anilines is 1. The minimum Gasteiger partial charge on any atom is -0.494 e. The summed E-state index contributed by atoms with van der Waals surface area (Å²) in [5, 5.41) is 2.93. The number of amides is 1. The summed E-state index contributed by atoms with van der Waals surface area (Å²) in [5.41, 5.74) is 0.972. The van der Waals surface area contributed by atoms with Gasteiger partial charge in [-0.2, -0.15) is 0 Å². The van der Waals surface area contributed by atoms with Gasteiger partial charge in [0.1, 0.15) is 0 Å². The standard InChI is InChI=1S/C24H22ClFN2O4S/c1-3-13-28(22-10-5-4-9-20(22)25)33(30,31)19-8-6-7-18(15-19)24(29)27-16-17-11-12-23(32-2)21(26)14-17/h3-12,14-15H,1,13,16H2,2H3,(H,27,29). The van der Waals surface area contributed by atoms with E-state index in [-0.39, 0.29) is 34.3 Å². The molecule has 0 aliphatic heterocycles. The van der Waals surface area contributed by atoms with E-state index in [4.69, 9.17) is 16.3 Å². The number of carbonyl (C=O) groups is 1. The van der Waals surface area contributed by atoms with Gasteiger partial charge in [-0.25, -0.2) is 12.8 Å². The molecule has 0 unspecified atom stereocenters. The monoisotopic (exact) mass is 488 g/mol. The second kappa shape index (κ2) is 10.5. The molecule has 0 aliphatic rings. The van der Waals surface area contributed by atoms with Crippen LogP contribution in [0.25, 0.3) is 0 Å². The number of nitrogens with zero attached hydrogens (tertiary/aromatic N) is 1. The molecule has 3 rings (SSSR count). The van der Waals surface area contributed by atoms with Crippen molar-refractivity contribution in [2.24, 2.45) is 0 Å². The van der Waals surface area contributed by atoms with Gasteiger partial charge in [-0.05, 0) is 48.0 Å². The molecule has 0 saturated heterocycles. The van der Waals surface area contributed by atoms with E-state index in [1.165, 1.54) is 49.6 Å². The largest absolute Gasteiger partial charge is 0.494 e. The van der Waals surface area contributed by atoms with Gasteiger partial charge in [-0.1, -0.05) is 41.9 Å². The molecule has 3 aromatic carbocycles. The van der Waals surface area contributed by atoms with E-state index in [0.717, 1.165) is 4.31 Å². The van der Waals surface area contributed by atoms with E-state index >= 15 is 0 Å². The molecule has 1 amide bonds. The van der Waals surface area contributed by atoms with Crippen molar-refractivity contribution in [1.82, 2.24) is 5.32 Å². The van der Waals surface area contributed by atoms with E-state index < -0.39 is 21.7 Å². The lowest BCUT2D eigenvalue weighted by Crippen LogP contribution is -2.31. The Morgan fingerprint density at radius 1 is 1.15 bits per heavy atom. The van der Waals surface area contributed by atoms with Crippen LogP contribution in [-0.4, -0.2) is 28.0 Å². The normalized spacial score (nSPS) is 11.0. The van der Waals surface area contributed by atoms with Crippen LogP contribution in [-0.2, 0) is 16.6 Å². The number of halogens is 2. The van der Waals surface area contributed by atoms with Crippen LogP contribution in [0, 0.1) is 5.82 Å². The first-order valence-corrected chi connectivity index (χ1v) is 11.7. The van der Waals surface area contributed by atoms with E-state index in [2.05, 4.69) is 11.9 Å². The number of benzene rings is 3. The predicted octanol–water partition coefficient (Wildman–Crippen LogP) is 4.80. The van der Waals surface area contributed by atoms with E-state index in [1.807, 2.05) is 0 Å². The van der Waals surface area contributed by atoms with E-state index in [0.29, 0.717) is 11.3 Å². The molecule has 0 saturated carbocycles. The Hall–Kier alpha value is -3.36. The molecule has 0 atom stereocenters. The summed E-state index contributed by atoms with van der Waals surface area (Å²) in [6.07, 6.45) is 1.45. The molecule has 0 heterocycles. The van der Waals surface area contributed by atoms with Crippen LogP contribution in [0.1, 0.15) is 15.9 Å². The van der Waals surface area contributed by atoms with Crippen molar-refractivity contribution in [2.75, 3.05) is 18.0 Å². The molecule has 0 spiro atoms. The molecule has 0 aromatic heterocycles. The number of sulfonamides is 1. The molecule has 9 heteroatoms. The van der Waals surface area contributed by atoms with Gasteiger partial charge in [-0.15, -0.1) is 6.58 Å². The molecule has 0 radical (unpaired) electrons. The molecule has 0 aliphatic carbocycles. The summed E-state index contributed by atoms with van der Waals surface area (Å²) in [7, 11) is -2.68. The summed E-state index contributed by atoms with van der Waals surface area (Å²) in [5.74, 6) is -0.943. The van der Waals surface area contributed by atoms with Crippen LogP contribution in [0.5, 0.6) is 5.75 Å². The Bertz CT molecular complexity index is 1280. The Morgan fingerprint density at radius 3 is 2.58 bits per heavy atom. The smallest absolute Gasteiger partial charge is 0.264 e. The number of rotatable bonds is 9. The fourth-order valence-electron chi connectivity index (χ4n) is 3.13. The van der Waals surface area contributed by atoms with Gasteiger partial charge < -0.3 is 10.1 Å². The maximum absolute atomic E-state index is 13.9. The third-order valence-corrected chi connectivity index (χ3v) is 6.86. The van der Waals surface area contributed by atoms with Gasteiger partial charge in [0.15, 0.2) is 11.6 Å². The number of para-hydroxylation sites is 1. The van der Waals surface area contributed by atoms with Crippen molar-refractivity contribution >= 4 is 33.2 Å². The van der Waals surface area contributed by atoms with Crippen LogP contribution >= 0.6 is 11.6 Å². The average Bonchev–Trinajstić information content (AvgIpc) is 2.81. The summed E-state index contributed by atoms with van der Waals surface area (Å²) in [6.45, 7) is 3.68. The van der Waals surface area contributed by atoms with Crippen LogP contribution < -0.4 is 14.4 Å². The highest BCUT2D eigenvalue weighted by atomic mass is 35.5. The topological polar surface area (TPSA) is 75.7 Å². The van der Waals surface area contributed by atoms with Gasteiger partial charge in [0.05, 0.1) is 29.3 Å². The first kappa shape index (κ1) is 24.3. The van der Waals surface area contributed by atoms with Gasteiger partial charge in [0.2, 0.25) is 0 Å². The van der Waals surface area contributed by atoms with Crippen molar-refractivity contribution in [3.8, 4) is 5.75 Å². The van der Waals surface area contributed by atoms with Gasteiger partial charge in [0, 0.05) is 12.1 Å². The van der Waals surface area contributed by atoms with Gasteiger partial charge in [-0.3, -0.25) is 9.10 Å². The molecular formula is C24H22ClFN2O4S. The quantitative estimate of drug-likeness (QED) is 0.439. The lowest BCUT2D eigenvalue weighted by Gasteiger charge is -2.24. The van der Waals surface area contributed by atoms with Crippen LogP contribution in [0.2, 0.25) is 5.02 Å². The molecule has 3 aromatic rings.